The molecule has 0 unspecified atom stereocenters. The molecule has 8 nitrogen and oxygen atoms in total. The maximum atomic E-state index is 10.9. The fourth-order valence-corrected chi connectivity index (χ4v) is 2.21. The van der Waals surface area contributed by atoms with Crippen molar-refractivity contribution in [2.45, 2.75) is 6.54 Å². The summed E-state index contributed by atoms with van der Waals surface area (Å²) in [6.45, 7) is 0.538. The number of aryl methyl sites for hydroxylation is 1. The van der Waals surface area contributed by atoms with E-state index < -0.39 is 5.97 Å². The summed E-state index contributed by atoms with van der Waals surface area (Å²) in [6, 6.07) is 5.79. The van der Waals surface area contributed by atoms with Gasteiger partial charge in [0.05, 0.1) is 18.4 Å². The van der Waals surface area contributed by atoms with Crippen LogP contribution in [-0.2, 0) is 13.6 Å². The molecular formula is C13H14N6O2. The van der Waals surface area contributed by atoms with E-state index >= 15 is 0 Å². The number of carboxylic acids is 1. The predicted octanol–water partition coefficient (Wildman–Crippen LogP) is 0.797. The monoisotopic (exact) mass is 286 g/mol. The van der Waals surface area contributed by atoms with Gasteiger partial charge in [0.25, 0.3) is 5.82 Å². The molecule has 8 heteroatoms. The minimum atomic E-state index is -1.14. The van der Waals surface area contributed by atoms with Gasteiger partial charge in [0.2, 0.25) is 5.95 Å². The van der Waals surface area contributed by atoms with Crippen molar-refractivity contribution < 1.29 is 9.90 Å². The van der Waals surface area contributed by atoms with E-state index in [1.54, 1.807) is 13.2 Å². The van der Waals surface area contributed by atoms with E-state index in [2.05, 4.69) is 15.1 Å². The zero-order valence-corrected chi connectivity index (χ0v) is 11.6. The van der Waals surface area contributed by atoms with Gasteiger partial charge in [-0.3, -0.25) is 0 Å². The smallest absolute Gasteiger partial charge is 0.375 e. The van der Waals surface area contributed by atoms with Gasteiger partial charge in [-0.05, 0) is 12.1 Å². The topological polar surface area (TPSA) is 88.6 Å². The minimum absolute atomic E-state index is 0.211. The average Bonchev–Trinajstić information content (AvgIpc) is 3.03. The fraction of sp³-hybridized carbons (Fsp3) is 0.231. The number of carbonyl (C=O) groups is 1. The molecule has 3 aromatic heterocycles. The molecule has 3 heterocycles. The van der Waals surface area contributed by atoms with Gasteiger partial charge in [-0.1, -0.05) is 6.07 Å². The van der Waals surface area contributed by atoms with E-state index in [1.807, 2.05) is 40.7 Å². The molecule has 0 aliphatic rings. The van der Waals surface area contributed by atoms with E-state index in [9.17, 15) is 4.79 Å². The van der Waals surface area contributed by atoms with E-state index in [-0.39, 0.29) is 5.82 Å². The van der Waals surface area contributed by atoms with E-state index in [4.69, 9.17) is 5.11 Å². The van der Waals surface area contributed by atoms with Crippen LogP contribution in [0.5, 0.6) is 0 Å². The van der Waals surface area contributed by atoms with Crippen molar-refractivity contribution in [2.24, 2.45) is 7.05 Å². The maximum absolute atomic E-state index is 10.9. The molecule has 21 heavy (non-hydrogen) atoms. The van der Waals surface area contributed by atoms with Crippen LogP contribution in [0.3, 0.4) is 0 Å². The van der Waals surface area contributed by atoms with E-state index in [0.717, 1.165) is 11.3 Å². The van der Waals surface area contributed by atoms with Crippen LogP contribution in [0.15, 0.2) is 30.6 Å². The van der Waals surface area contributed by atoms with Gasteiger partial charge in [0, 0.05) is 20.3 Å². The van der Waals surface area contributed by atoms with Gasteiger partial charge >= 0.3 is 5.97 Å². The number of rotatable bonds is 4. The first-order chi connectivity index (χ1) is 10.1. The van der Waals surface area contributed by atoms with Gasteiger partial charge in [0.1, 0.15) is 5.65 Å². The highest BCUT2D eigenvalue weighted by Gasteiger charge is 2.17. The first kappa shape index (κ1) is 13.1. The third-order valence-corrected chi connectivity index (χ3v) is 3.17. The number of nitrogens with zero attached hydrogens (tertiary/aromatic N) is 6. The Kier molecular flexibility index (Phi) is 3.05. The standard InChI is InChI=1S/C13H14N6O2/c1-17(13-15-11(12(20)21)16-18(13)2)8-9-7-14-10-5-3-4-6-19(9)10/h3-7H,8H2,1-2H3,(H,20,21). The molecule has 0 aliphatic heterocycles. The number of carboxylic acid groups (broad SMARTS) is 1. The molecule has 0 bridgehead atoms. The molecule has 1 N–H and O–H groups in total. The van der Waals surface area contributed by atoms with Crippen LogP contribution in [0.1, 0.15) is 16.3 Å². The third kappa shape index (κ3) is 2.31. The Hall–Kier alpha value is -2.90. The molecule has 0 spiro atoms. The Labute approximate surface area is 120 Å². The Balaban J connectivity index is 1.89. The van der Waals surface area contributed by atoms with Gasteiger partial charge < -0.3 is 14.4 Å². The minimum Gasteiger partial charge on any atom is -0.475 e. The van der Waals surface area contributed by atoms with Crippen molar-refractivity contribution in [1.29, 1.82) is 0 Å². The predicted molar refractivity (Wildman–Crippen MR) is 75.3 cm³/mol. The van der Waals surface area contributed by atoms with Gasteiger partial charge in [-0.2, -0.15) is 4.98 Å². The third-order valence-electron chi connectivity index (χ3n) is 3.17. The Morgan fingerprint density at radius 1 is 1.43 bits per heavy atom. The van der Waals surface area contributed by atoms with Crippen LogP contribution in [0.4, 0.5) is 5.95 Å². The summed E-state index contributed by atoms with van der Waals surface area (Å²) < 4.78 is 3.43. The summed E-state index contributed by atoms with van der Waals surface area (Å²) in [5.74, 6) is -0.865. The summed E-state index contributed by atoms with van der Waals surface area (Å²) in [7, 11) is 3.50. The number of pyridine rings is 1. The first-order valence-electron chi connectivity index (χ1n) is 6.32. The number of imidazole rings is 1. The number of hydrogen-bond donors (Lipinski definition) is 1. The van der Waals surface area contributed by atoms with Crippen molar-refractivity contribution >= 4 is 17.6 Å². The molecule has 0 saturated heterocycles. The molecule has 3 aromatic rings. The van der Waals surface area contributed by atoms with Crippen molar-refractivity contribution in [3.8, 4) is 0 Å². The summed E-state index contributed by atoms with van der Waals surface area (Å²) in [6.07, 6.45) is 3.73. The number of aromatic nitrogens is 5. The summed E-state index contributed by atoms with van der Waals surface area (Å²) >= 11 is 0. The van der Waals surface area contributed by atoms with Crippen molar-refractivity contribution in [3.05, 3.63) is 42.1 Å². The lowest BCUT2D eigenvalue weighted by Gasteiger charge is -2.16. The molecule has 108 valence electrons. The Morgan fingerprint density at radius 3 is 2.95 bits per heavy atom. The van der Waals surface area contributed by atoms with Crippen LogP contribution in [0, 0.1) is 0 Å². The van der Waals surface area contributed by atoms with Gasteiger partial charge in [0.15, 0.2) is 0 Å². The van der Waals surface area contributed by atoms with Crippen LogP contribution in [0.2, 0.25) is 0 Å². The molecule has 0 aromatic carbocycles. The molecule has 3 rings (SSSR count). The Morgan fingerprint density at radius 2 is 2.24 bits per heavy atom. The molecule has 0 saturated carbocycles. The summed E-state index contributed by atoms with van der Waals surface area (Å²) in [5, 5.41) is 12.8. The average molecular weight is 286 g/mol. The van der Waals surface area contributed by atoms with Crippen LogP contribution >= 0.6 is 0 Å². The summed E-state index contributed by atoms with van der Waals surface area (Å²) in [5.41, 5.74) is 1.85. The van der Waals surface area contributed by atoms with Crippen LogP contribution in [-0.4, -0.2) is 42.3 Å². The first-order valence-corrected chi connectivity index (χ1v) is 6.32. The lowest BCUT2D eigenvalue weighted by Crippen LogP contribution is -2.21. The zero-order valence-electron chi connectivity index (χ0n) is 11.6. The van der Waals surface area contributed by atoms with Crippen LogP contribution in [0.25, 0.3) is 5.65 Å². The molecule has 0 radical (unpaired) electrons. The number of fused-ring (bicyclic) bond motifs is 1. The van der Waals surface area contributed by atoms with Gasteiger partial charge in [-0.25, -0.2) is 14.5 Å². The van der Waals surface area contributed by atoms with Crippen molar-refractivity contribution in [1.82, 2.24) is 24.1 Å². The van der Waals surface area contributed by atoms with E-state index in [0.29, 0.717) is 12.5 Å². The summed E-state index contributed by atoms with van der Waals surface area (Å²) in [4.78, 5) is 21.1. The molecule has 0 fully saturated rings. The second kappa shape index (κ2) is 4.89. The van der Waals surface area contributed by atoms with Gasteiger partial charge in [-0.15, -0.1) is 5.10 Å². The highest BCUT2D eigenvalue weighted by molar-refractivity contribution is 5.83. The molecule has 0 aliphatic carbocycles. The fourth-order valence-electron chi connectivity index (χ4n) is 2.21. The lowest BCUT2D eigenvalue weighted by atomic mass is 10.4. The number of anilines is 1. The molecule has 0 atom stereocenters. The van der Waals surface area contributed by atoms with E-state index in [1.165, 1.54) is 4.68 Å². The second-order valence-electron chi connectivity index (χ2n) is 4.70. The lowest BCUT2D eigenvalue weighted by molar-refractivity contribution is 0.0683. The highest BCUT2D eigenvalue weighted by atomic mass is 16.4. The zero-order chi connectivity index (χ0) is 15.0. The van der Waals surface area contributed by atoms with Crippen molar-refractivity contribution in [3.63, 3.8) is 0 Å². The molecule has 0 amide bonds. The SMILES string of the molecule is CN(Cc1cnc2ccccn12)c1nc(C(=O)O)nn1C. The maximum Gasteiger partial charge on any atom is 0.375 e. The quantitative estimate of drug-likeness (QED) is 0.763. The second-order valence-corrected chi connectivity index (χ2v) is 4.70. The van der Waals surface area contributed by atoms with Crippen molar-refractivity contribution in [2.75, 3.05) is 11.9 Å². The normalized spacial score (nSPS) is 11.0. The molecular weight excluding hydrogens is 272 g/mol. The van der Waals surface area contributed by atoms with Crippen LogP contribution < -0.4 is 4.90 Å². The largest absolute Gasteiger partial charge is 0.475 e. The highest BCUT2D eigenvalue weighted by Crippen LogP contribution is 2.14. The Bertz CT molecular complexity index is 806. The number of aromatic carboxylic acids is 1. The number of hydrogen-bond acceptors (Lipinski definition) is 5.